The average molecular weight is 602 g/mol. The van der Waals surface area contributed by atoms with E-state index in [-0.39, 0.29) is 29.7 Å². The monoisotopic (exact) mass is 601 g/mol. The first-order valence-corrected chi connectivity index (χ1v) is 15.6. The van der Waals surface area contributed by atoms with Crippen LogP contribution in [-0.2, 0) is 20.4 Å². The zero-order valence-electron chi connectivity index (χ0n) is 25.5. The highest BCUT2D eigenvalue weighted by Gasteiger charge is 2.47. The Morgan fingerprint density at radius 1 is 0.953 bits per heavy atom. The van der Waals surface area contributed by atoms with Crippen LogP contribution < -0.4 is 9.80 Å². The van der Waals surface area contributed by atoms with Crippen molar-refractivity contribution in [2.24, 2.45) is 0 Å². The third kappa shape index (κ3) is 5.96. The van der Waals surface area contributed by atoms with Crippen molar-refractivity contribution >= 4 is 34.9 Å². The number of carboxylic acid groups (broad SMARTS) is 2. The van der Waals surface area contributed by atoms with E-state index in [2.05, 4.69) is 87.2 Å². The minimum atomic E-state index is -0.813. The van der Waals surface area contributed by atoms with Crippen molar-refractivity contribution < 1.29 is 24.7 Å². The van der Waals surface area contributed by atoms with Gasteiger partial charge in [-0.1, -0.05) is 74.0 Å². The van der Waals surface area contributed by atoms with Gasteiger partial charge in [-0.3, -0.25) is 14.5 Å². The Kier molecular flexibility index (Phi) is 8.73. The summed E-state index contributed by atoms with van der Waals surface area (Å²) in [5, 5.41) is 19.6. The summed E-state index contributed by atoms with van der Waals surface area (Å²) in [4.78, 5) is 26.2. The van der Waals surface area contributed by atoms with Crippen LogP contribution in [0.4, 0.5) is 11.4 Å². The van der Waals surface area contributed by atoms with Gasteiger partial charge in [0.05, 0.1) is 24.8 Å². The average Bonchev–Trinajstić information content (AvgIpc) is 3.32. The molecule has 43 heavy (non-hydrogen) atoms. The van der Waals surface area contributed by atoms with Crippen molar-refractivity contribution in [3.05, 3.63) is 106 Å². The second kappa shape index (κ2) is 12.2. The first-order valence-electron chi connectivity index (χ1n) is 15.2. The van der Waals surface area contributed by atoms with E-state index < -0.39 is 11.9 Å². The summed E-state index contributed by atoms with van der Waals surface area (Å²) in [6.07, 6.45) is 11.6. The third-order valence-corrected chi connectivity index (χ3v) is 9.95. The number of benzene rings is 2. The van der Waals surface area contributed by atoms with Gasteiger partial charge in [-0.2, -0.15) is 0 Å². The molecule has 0 saturated heterocycles. The minimum Gasteiger partial charge on any atom is -0.481 e. The lowest BCUT2D eigenvalue weighted by molar-refractivity contribution is -0.849. The summed E-state index contributed by atoms with van der Waals surface area (Å²) < 4.78 is 0. The molecule has 2 aromatic carbocycles. The number of aliphatic carboxylic acids is 2. The molecule has 3 N–H and O–H groups in total. The van der Waals surface area contributed by atoms with Gasteiger partial charge in [-0.15, -0.1) is 0 Å². The standard InChI is InChI=1S/C36H41ClN2O4/c1-35(2)26-12-5-7-14-28(26)38(22-20-32(40)41)30(35)18-16-24-10-9-11-25(34(24)37)17-19-31-36(3,4)27-13-6-8-15-29(27)39(31)23-21-33(42)43/h5-8,12-19,30H,9-11,20-23H2,1-4H3,(H,40,41)(H,42,43)/p+1/b18-16+,25-17+,31-19+. The molecule has 6 nitrogen and oxygen atoms in total. The van der Waals surface area contributed by atoms with Gasteiger partial charge < -0.3 is 15.1 Å². The van der Waals surface area contributed by atoms with Crippen molar-refractivity contribution in [2.45, 2.75) is 76.7 Å². The quantitative estimate of drug-likeness (QED) is 0.300. The summed E-state index contributed by atoms with van der Waals surface area (Å²) >= 11 is 7.07. The largest absolute Gasteiger partial charge is 0.481 e. The van der Waals surface area contributed by atoms with E-state index in [1.54, 1.807) is 0 Å². The number of nitrogens with one attached hydrogen (secondary N) is 1. The number of quaternary nitrogens is 1. The van der Waals surface area contributed by atoms with Crippen LogP contribution in [0.5, 0.6) is 0 Å². The molecular formula is C36H42ClN2O4+. The van der Waals surface area contributed by atoms with Gasteiger partial charge in [0.2, 0.25) is 0 Å². The third-order valence-electron chi connectivity index (χ3n) is 9.47. The van der Waals surface area contributed by atoms with Gasteiger partial charge >= 0.3 is 11.9 Å². The smallest absolute Gasteiger partial charge is 0.309 e. The molecule has 0 bridgehead atoms. The molecule has 5 rings (SSSR count). The van der Waals surface area contributed by atoms with Crippen molar-refractivity contribution in [1.29, 1.82) is 0 Å². The lowest BCUT2D eigenvalue weighted by atomic mass is 9.80. The van der Waals surface area contributed by atoms with E-state index in [9.17, 15) is 19.8 Å². The highest BCUT2D eigenvalue weighted by molar-refractivity contribution is 6.32. The number of rotatable bonds is 9. The van der Waals surface area contributed by atoms with Crippen LogP contribution in [0.25, 0.3) is 0 Å². The van der Waals surface area contributed by atoms with Crippen LogP contribution in [0, 0.1) is 0 Å². The number of fused-ring (bicyclic) bond motifs is 2. The van der Waals surface area contributed by atoms with E-state index >= 15 is 0 Å². The molecule has 7 heteroatoms. The lowest BCUT2D eigenvalue weighted by Crippen LogP contribution is -3.10. The van der Waals surface area contributed by atoms with Crippen LogP contribution in [-0.4, -0.2) is 41.3 Å². The number of hydrogen-bond acceptors (Lipinski definition) is 3. The Labute approximate surface area is 259 Å². The van der Waals surface area contributed by atoms with Crippen LogP contribution in [0.1, 0.15) is 70.9 Å². The number of anilines is 1. The maximum absolute atomic E-state index is 11.5. The Bertz CT molecular complexity index is 1550. The summed E-state index contributed by atoms with van der Waals surface area (Å²) in [5.41, 5.74) is 7.49. The Morgan fingerprint density at radius 2 is 1.63 bits per heavy atom. The Hall–Kier alpha value is -3.61. The summed E-state index contributed by atoms with van der Waals surface area (Å²) in [6.45, 7) is 9.77. The highest BCUT2D eigenvalue weighted by atomic mass is 35.5. The SMILES string of the molecule is CC1(C)/C(=C\C=C2/CCCC(/C=C/C3[NH+](CCC(=O)O)c4ccccc4C3(C)C)=C2Cl)N(CCC(=O)O)c2ccccc21. The van der Waals surface area contributed by atoms with Crippen molar-refractivity contribution in [1.82, 2.24) is 0 Å². The second-order valence-corrected chi connectivity index (χ2v) is 13.3. The maximum Gasteiger partial charge on any atom is 0.309 e. The summed E-state index contributed by atoms with van der Waals surface area (Å²) in [5.74, 6) is -1.60. The van der Waals surface area contributed by atoms with Crippen LogP contribution in [0.2, 0.25) is 0 Å². The van der Waals surface area contributed by atoms with Gasteiger partial charge in [-0.25, -0.2) is 0 Å². The number of carboxylic acids is 2. The number of nitrogens with zero attached hydrogens (tertiary/aromatic N) is 1. The van der Waals surface area contributed by atoms with Crippen LogP contribution in [0.15, 0.2) is 94.7 Å². The molecule has 0 amide bonds. The molecule has 2 unspecified atom stereocenters. The van der Waals surface area contributed by atoms with E-state index in [4.69, 9.17) is 11.6 Å². The fourth-order valence-corrected chi connectivity index (χ4v) is 7.49. The molecular weight excluding hydrogens is 560 g/mol. The fourth-order valence-electron chi connectivity index (χ4n) is 7.17. The molecule has 2 aliphatic heterocycles. The van der Waals surface area contributed by atoms with Gasteiger partial charge in [0.25, 0.3) is 0 Å². The van der Waals surface area contributed by atoms with Gasteiger partial charge in [0.1, 0.15) is 11.7 Å². The molecule has 3 aliphatic rings. The number of halogens is 1. The fraction of sp³-hybridized carbons (Fsp3) is 0.389. The van der Waals surface area contributed by atoms with E-state index in [0.29, 0.717) is 13.1 Å². The first kappa shape index (κ1) is 30.8. The summed E-state index contributed by atoms with van der Waals surface area (Å²) in [7, 11) is 0. The topological polar surface area (TPSA) is 82.3 Å². The molecule has 2 aromatic rings. The number of allylic oxidation sites excluding steroid dienone is 7. The minimum absolute atomic E-state index is 0.0563. The van der Waals surface area contributed by atoms with Gasteiger partial charge in [-0.05, 0) is 74.1 Å². The van der Waals surface area contributed by atoms with Crippen LogP contribution >= 0.6 is 11.6 Å². The van der Waals surface area contributed by atoms with Crippen molar-refractivity contribution in [3.8, 4) is 0 Å². The first-order chi connectivity index (χ1) is 20.4. The lowest BCUT2D eigenvalue weighted by Gasteiger charge is -2.28. The Balaban J connectivity index is 1.46. The van der Waals surface area contributed by atoms with Gasteiger partial charge in [0, 0.05) is 33.9 Å². The molecule has 0 saturated carbocycles. The predicted octanol–water partition coefficient (Wildman–Crippen LogP) is 6.65. The van der Waals surface area contributed by atoms with Crippen molar-refractivity contribution in [3.63, 3.8) is 0 Å². The zero-order valence-corrected chi connectivity index (χ0v) is 26.2. The van der Waals surface area contributed by atoms with E-state index in [0.717, 1.165) is 46.8 Å². The molecule has 0 fully saturated rings. The number of hydrogen-bond donors (Lipinski definition) is 3. The second-order valence-electron chi connectivity index (χ2n) is 12.9. The molecule has 1 aliphatic carbocycles. The predicted molar refractivity (Wildman–Crippen MR) is 172 cm³/mol. The Morgan fingerprint density at radius 3 is 2.35 bits per heavy atom. The molecule has 0 aromatic heterocycles. The molecule has 2 heterocycles. The number of carbonyl (C=O) groups is 2. The molecule has 226 valence electrons. The molecule has 0 radical (unpaired) electrons. The molecule has 2 atom stereocenters. The zero-order chi connectivity index (χ0) is 30.9. The normalized spacial score (nSPS) is 24.2. The number of para-hydroxylation sites is 2. The van der Waals surface area contributed by atoms with E-state index in [1.165, 1.54) is 21.7 Å². The van der Waals surface area contributed by atoms with Crippen molar-refractivity contribution in [2.75, 3.05) is 18.0 Å². The molecule has 0 spiro atoms. The van der Waals surface area contributed by atoms with Gasteiger partial charge in [0.15, 0.2) is 0 Å². The summed E-state index contributed by atoms with van der Waals surface area (Å²) in [6, 6.07) is 16.7. The van der Waals surface area contributed by atoms with E-state index in [1.807, 2.05) is 18.2 Å². The highest BCUT2D eigenvalue weighted by Crippen LogP contribution is 2.48. The maximum atomic E-state index is 11.5. The van der Waals surface area contributed by atoms with Crippen LogP contribution in [0.3, 0.4) is 0 Å².